The molecule has 0 unspecified atom stereocenters. The zero-order valence-corrected chi connectivity index (χ0v) is 23.8. The quantitative estimate of drug-likeness (QED) is 0.367. The monoisotopic (exact) mass is 603 g/mol. The van der Waals surface area contributed by atoms with E-state index in [0.717, 1.165) is 15.8 Å². The highest BCUT2D eigenvalue weighted by Gasteiger charge is 2.46. The molecule has 2 aliphatic rings. The summed E-state index contributed by atoms with van der Waals surface area (Å²) in [6, 6.07) is 2.35. The van der Waals surface area contributed by atoms with E-state index in [4.69, 9.17) is 27.9 Å². The van der Waals surface area contributed by atoms with Gasteiger partial charge in [-0.25, -0.2) is 0 Å². The molecule has 1 saturated heterocycles. The van der Waals surface area contributed by atoms with Crippen molar-refractivity contribution >= 4 is 40.9 Å². The van der Waals surface area contributed by atoms with Gasteiger partial charge in [0.1, 0.15) is 0 Å². The van der Waals surface area contributed by atoms with Crippen LogP contribution in [0.1, 0.15) is 77.5 Å². The van der Waals surface area contributed by atoms with Crippen LogP contribution in [0.15, 0.2) is 18.3 Å². The van der Waals surface area contributed by atoms with E-state index in [2.05, 4.69) is 5.10 Å². The summed E-state index contributed by atoms with van der Waals surface area (Å²) >= 11 is 12.5. The van der Waals surface area contributed by atoms with Crippen LogP contribution in [0.5, 0.6) is 0 Å². The van der Waals surface area contributed by atoms with Crippen molar-refractivity contribution in [1.29, 1.82) is 0 Å². The van der Waals surface area contributed by atoms with Crippen molar-refractivity contribution in [2.45, 2.75) is 58.7 Å². The van der Waals surface area contributed by atoms with Crippen LogP contribution >= 0.6 is 23.2 Å². The zero-order chi connectivity index (χ0) is 29.6. The summed E-state index contributed by atoms with van der Waals surface area (Å²) in [5.74, 6) is -2.63. The van der Waals surface area contributed by atoms with E-state index >= 15 is 0 Å². The van der Waals surface area contributed by atoms with Gasteiger partial charge in [-0.1, -0.05) is 30.1 Å². The Kier molecular flexibility index (Phi) is 8.33. The van der Waals surface area contributed by atoms with Crippen LogP contribution in [0.25, 0.3) is 0 Å². The molecular formula is C27H30Cl2F3N3O5. The van der Waals surface area contributed by atoms with Gasteiger partial charge in [-0.15, -0.1) is 0 Å². The number of carboxylic acids is 1. The van der Waals surface area contributed by atoms with Crippen molar-refractivity contribution in [2.24, 2.45) is 10.8 Å². The largest absolute Gasteiger partial charge is 0.481 e. The molecule has 1 aromatic carbocycles. The summed E-state index contributed by atoms with van der Waals surface area (Å²) < 4.78 is 49.4. The Bertz CT molecular complexity index is 1310. The number of carbonyl (C=O) groups excluding carboxylic acids is 2. The predicted molar refractivity (Wildman–Crippen MR) is 141 cm³/mol. The summed E-state index contributed by atoms with van der Waals surface area (Å²) in [6.07, 6.45) is -3.40. The van der Waals surface area contributed by atoms with Gasteiger partial charge in [0.15, 0.2) is 11.5 Å². The van der Waals surface area contributed by atoms with E-state index in [-0.39, 0.29) is 61.1 Å². The second-order valence-corrected chi connectivity index (χ2v) is 12.3. The van der Waals surface area contributed by atoms with Crippen molar-refractivity contribution in [3.63, 3.8) is 0 Å². The number of hydrogen-bond donors (Lipinski definition) is 1. The number of aromatic nitrogens is 2. The van der Waals surface area contributed by atoms with Gasteiger partial charge >= 0.3 is 12.1 Å². The number of carboxylic acid groups (broad SMARTS) is 1. The summed E-state index contributed by atoms with van der Waals surface area (Å²) in [4.78, 5) is 39.7. The van der Waals surface area contributed by atoms with Crippen LogP contribution in [-0.2, 0) is 15.7 Å². The number of benzene rings is 1. The number of rotatable bonds is 8. The first-order chi connectivity index (χ1) is 18.5. The molecule has 2 aromatic rings. The molecule has 1 saturated carbocycles. The third kappa shape index (κ3) is 6.01. The molecule has 8 nitrogen and oxygen atoms in total. The number of aliphatic carboxylic acids is 1. The lowest BCUT2D eigenvalue weighted by molar-refractivity contribution is -0.152. The highest BCUT2D eigenvalue weighted by Crippen LogP contribution is 2.43. The van der Waals surface area contributed by atoms with Crippen molar-refractivity contribution in [3.8, 4) is 0 Å². The van der Waals surface area contributed by atoms with E-state index in [1.165, 1.54) is 0 Å². The van der Waals surface area contributed by atoms with Crippen molar-refractivity contribution in [3.05, 3.63) is 50.8 Å². The van der Waals surface area contributed by atoms with Gasteiger partial charge in [0, 0.05) is 12.0 Å². The lowest BCUT2D eigenvalue weighted by Crippen LogP contribution is -2.51. The number of alkyl halides is 3. The minimum atomic E-state index is -4.93. The molecule has 1 aliphatic carbocycles. The second kappa shape index (κ2) is 11.0. The van der Waals surface area contributed by atoms with Crippen LogP contribution in [-0.4, -0.2) is 63.7 Å². The number of hydrogen-bond acceptors (Lipinski definition) is 5. The Morgan fingerprint density at radius 1 is 1.15 bits per heavy atom. The average molecular weight is 604 g/mol. The molecule has 2 heterocycles. The van der Waals surface area contributed by atoms with Gasteiger partial charge in [0.2, 0.25) is 0 Å². The van der Waals surface area contributed by atoms with E-state index in [1.54, 1.807) is 26.0 Å². The number of Topliss-reactive ketones (excluding diaryl/α,β-unsaturated/α-hetero) is 1. The van der Waals surface area contributed by atoms with Gasteiger partial charge < -0.3 is 14.7 Å². The second-order valence-electron chi connectivity index (χ2n) is 11.4. The Morgan fingerprint density at radius 2 is 1.73 bits per heavy atom. The fourth-order valence-corrected chi connectivity index (χ4v) is 6.17. The summed E-state index contributed by atoms with van der Waals surface area (Å²) in [6.45, 7) is 5.06. The fraction of sp³-hybridized carbons (Fsp3) is 0.556. The van der Waals surface area contributed by atoms with Gasteiger partial charge in [-0.2, -0.15) is 18.3 Å². The minimum Gasteiger partial charge on any atom is -0.481 e. The smallest absolute Gasteiger partial charge is 0.433 e. The molecule has 4 rings (SSSR count). The van der Waals surface area contributed by atoms with Gasteiger partial charge in [0.25, 0.3) is 5.91 Å². The van der Waals surface area contributed by atoms with E-state index in [1.807, 2.05) is 6.92 Å². The molecular weight excluding hydrogens is 574 g/mol. The lowest BCUT2D eigenvalue weighted by atomic mass is 9.74. The molecule has 218 valence electrons. The minimum absolute atomic E-state index is 0.0165. The molecule has 1 N–H and O–H groups in total. The number of aryl methyl sites for hydroxylation is 1. The van der Waals surface area contributed by atoms with Crippen LogP contribution in [0, 0.1) is 17.8 Å². The Labute approximate surface area is 239 Å². The molecule has 1 aromatic heterocycles. The standard InChI is InChI=1S/C27H30Cl2F3N3O5/c1-15-8-18(28)21(19(29)9-15)20(36)11-34(12-25(2)13-40-14-25)23(37)17-10-33-35(22(17)27(30,31)32)16-4-6-26(3,7-5-16)24(38)39/h8-10,16H,4-7,11-14H2,1-3H3,(H,38,39)/t16-,26-. The van der Waals surface area contributed by atoms with E-state index in [9.17, 15) is 32.7 Å². The van der Waals surface area contributed by atoms with Gasteiger partial charge in [0.05, 0.1) is 58.6 Å². The topological polar surface area (TPSA) is 102 Å². The number of carbonyl (C=O) groups is 3. The molecule has 0 radical (unpaired) electrons. The average Bonchev–Trinajstić information content (AvgIpc) is 3.28. The highest BCUT2D eigenvalue weighted by molar-refractivity contribution is 6.40. The summed E-state index contributed by atoms with van der Waals surface area (Å²) in [5.41, 5.74) is -2.80. The Balaban J connectivity index is 1.68. The van der Waals surface area contributed by atoms with Crippen LogP contribution in [0.4, 0.5) is 13.2 Å². The molecule has 2 fully saturated rings. The Hall–Kier alpha value is -2.63. The van der Waals surface area contributed by atoms with Crippen molar-refractivity contribution in [2.75, 3.05) is 26.3 Å². The van der Waals surface area contributed by atoms with Crippen LogP contribution < -0.4 is 0 Å². The Morgan fingerprint density at radius 3 is 2.20 bits per heavy atom. The van der Waals surface area contributed by atoms with Crippen LogP contribution in [0.3, 0.4) is 0 Å². The third-order valence-electron chi connectivity index (χ3n) is 7.78. The first kappa shape index (κ1) is 30.3. The molecule has 0 bridgehead atoms. The first-order valence-corrected chi connectivity index (χ1v) is 13.5. The summed E-state index contributed by atoms with van der Waals surface area (Å²) in [5, 5.41) is 13.6. The third-order valence-corrected chi connectivity index (χ3v) is 8.37. The predicted octanol–water partition coefficient (Wildman–Crippen LogP) is 6.08. The fourth-order valence-electron chi connectivity index (χ4n) is 5.37. The van der Waals surface area contributed by atoms with E-state index in [0.29, 0.717) is 5.56 Å². The maximum atomic E-state index is 14.4. The SMILES string of the molecule is Cc1cc(Cl)c(C(=O)CN(CC2(C)COC2)C(=O)c2cnn([C@H]3CC[C@](C)(C(=O)O)CC3)c2C(F)(F)F)c(Cl)c1. The number of halogens is 5. The van der Waals surface area contributed by atoms with Crippen LogP contribution in [0.2, 0.25) is 10.0 Å². The van der Waals surface area contributed by atoms with E-state index < -0.39 is 58.5 Å². The zero-order valence-electron chi connectivity index (χ0n) is 22.3. The van der Waals surface area contributed by atoms with Gasteiger partial charge in [-0.05, 0) is 57.2 Å². The number of nitrogens with zero attached hydrogens (tertiary/aromatic N) is 3. The van der Waals surface area contributed by atoms with Gasteiger partial charge in [-0.3, -0.25) is 19.1 Å². The maximum absolute atomic E-state index is 14.4. The summed E-state index contributed by atoms with van der Waals surface area (Å²) in [7, 11) is 0. The number of amides is 1. The normalized spacial score (nSPS) is 22.4. The number of ketones is 1. The maximum Gasteiger partial charge on any atom is 0.433 e. The lowest BCUT2D eigenvalue weighted by Gasteiger charge is -2.41. The molecule has 0 spiro atoms. The van der Waals surface area contributed by atoms with Crippen molar-refractivity contribution < 1.29 is 37.4 Å². The molecule has 1 amide bonds. The molecule has 13 heteroatoms. The number of ether oxygens (including phenoxy) is 1. The molecule has 0 atom stereocenters. The first-order valence-electron chi connectivity index (χ1n) is 12.8. The van der Waals surface area contributed by atoms with Crippen molar-refractivity contribution in [1.82, 2.24) is 14.7 Å². The molecule has 40 heavy (non-hydrogen) atoms. The highest BCUT2D eigenvalue weighted by atomic mass is 35.5. The molecule has 1 aliphatic heterocycles.